The molecule has 4 heteroatoms. The van der Waals surface area contributed by atoms with Crippen LogP contribution in [0.3, 0.4) is 0 Å². The lowest BCUT2D eigenvalue weighted by atomic mass is 9.80. The molecule has 1 amide bonds. The Balaban J connectivity index is 1.99. The second kappa shape index (κ2) is 6.17. The van der Waals surface area contributed by atoms with E-state index < -0.39 is 0 Å². The molecule has 19 heavy (non-hydrogen) atoms. The van der Waals surface area contributed by atoms with Crippen molar-refractivity contribution in [3.8, 4) is 0 Å². The topological polar surface area (TPSA) is 64.3 Å². The van der Waals surface area contributed by atoms with Crippen LogP contribution >= 0.6 is 0 Å². The molecule has 0 aliphatic heterocycles. The van der Waals surface area contributed by atoms with Gasteiger partial charge in [-0.25, -0.2) is 0 Å². The van der Waals surface area contributed by atoms with E-state index in [0.717, 1.165) is 30.4 Å². The van der Waals surface area contributed by atoms with Crippen molar-refractivity contribution in [2.24, 2.45) is 5.73 Å². The Morgan fingerprint density at radius 1 is 1.42 bits per heavy atom. The number of carbonyl (C=O) groups is 1. The highest BCUT2D eigenvalue weighted by molar-refractivity contribution is 5.95. The van der Waals surface area contributed by atoms with Gasteiger partial charge in [-0.3, -0.25) is 4.79 Å². The molecule has 1 aromatic rings. The molecule has 1 aliphatic rings. The van der Waals surface area contributed by atoms with Crippen LogP contribution in [0.5, 0.6) is 0 Å². The zero-order valence-corrected chi connectivity index (χ0v) is 11.4. The SMILES string of the molecule is COC1(CNC(=O)c2ccccc2CCN)CCC1. The van der Waals surface area contributed by atoms with Crippen molar-refractivity contribution in [3.63, 3.8) is 0 Å². The summed E-state index contributed by atoms with van der Waals surface area (Å²) in [7, 11) is 1.72. The zero-order chi connectivity index (χ0) is 13.7. The number of hydrogen-bond acceptors (Lipinski definition) is 3. The molecular weight excluding hydrogens is 240 g/mol. The first-order chi connectivity index (χ1) is 9.21. The Morgan fingerprint density at radius 3 is 2.74 bits per heavy atom. The van der Waals surface area contributed by atoms with Crippen LogP contribution in [-0.2, 0) is 11.2 Å². The van der Waals surface area contributed by atoms with Crippen molar-refractivity contribution < 1.29 is 9.53 Å². The second-order valence-corrected chi connectivity index (χ2v) is 5.12. The molecule has 0 saturated heterocycles. The molecule has 4 nitrogen and oxygen atoms in total. The molecule has 104 valence electrons. The lowest BCUT2D eigenvalue weighted by molar-refractivity contribution is -0.0679. The van der Waals surface area contributed by atoms with Crippen molar-refractivity contribution in [3.05, 3.63) is 35.4 Å². The standard InChI is InChI=1S/C15H22N2O2/c1-19-15(8-4-9-15)11-17-14(18)13-6-3-2-5-12(13)7-10-16/h2-3,5-6H,4,7-11,16H2,1H3,(H,17,18). The van der Waals surface area contributed by atoms with Crippen molar-refractivity contribution in [1.82, 2.24) is 5.32 Å². The molecule has 0 heterocycles. The van der Waals surface area contributed by atoms with Gasteiger partial charge in [-0.15, -0.1) is 0 Å². The molecule has 1 aromatic carbocycles. The number of ether oxygens (including phenoxy) is 1. The van der Waals surface area contributed by atoms with Crippen LogP contribution in [0.15, 0.2) is 24.3 Å². The minimum Gasteiger partial charge on any atom is -0.376 e. The van der Waals surface area contributed by atoms with Gasteiger partial charge in [-0.05, 0) is 43.9 Å². The van der Waals surface area contributed by atoms with Gasteiger partial charge in [0.15, 0.2) is 0 Å². The van der Waals surface area contributed by atoms with Gasteiger partial charge in [-0.2, -0.15) is 0 Å². The predicted octanol–water partition coefficient (Wildman–Crippen LogP) is 1.49. The summed E-state index contributed by atoms with van der Waals surface area (Å²) in [4.78, 5) is 12.2. The number of rotatable bonds is 6. The number of hydrogen-bond donors (Lipinski definition) is 2. The third-order valence-electron chi connectivity index (χ3n) is 3.94. The summed E-state index contributed by atoms with van der Waals surface area (Å²) in [5.41, 5.74) is 7.16. The van der Waals surface area contributed by atoms with E-state index in [2.05, 4.69) is 5.32 Å². The summed E-state index contributed by atoms with van der Waals surface area (Å²) in [5, 5.41) is 2.99. The van der Waals surface area contributed by atoms with Crippen LogP contribution in [0.25, 0.3) is 0 Å². The first-order valence-corrected chi connectivity index (χ1v) is 6.82. The number of nitrogens with one attached hydrogen (secondary N) is 1. The molecule has 0 radical (unpaired) electrons. The number of benzene rings is 1. The van der Waals surface area contributed by atoms with E-state index in [9.17, 15) is 4.79 Å². The molecule has 0 bridgehead atoms. The van der Waals surface area contributed by atoms with Crippen LogP contribution in [0.2, 0.25) is 0 Å². The largest absolute Gasteiger partial charge is 0.376 e. The Kier molecular flexibility index (Phi) is 4.56. The third-order valence-corrected chi connectivity index (χ3v) is 3.94. The van der Waals surface area contributed by atoms with E-state index in [1.165, 1.54) is 6.42 Å². The summed E-state index contributed by atoms with van der Waals surface area (Å²) < 4.78 is 5.50. The average Bonchev–Trinajstić information content (AvgIpc) is 2.39. The maximum absolute atomic E-state index is 12.2. The lowest BCUT2D eigenvalue weighted by Crippen LogP contribution is -2.49. The van der Waals surface area contributed by atoms with Gasteiger partial charge in [0, 0.05) is 19.2 Å². The second-order valence-electron chi connectivity index (χ2n) is 5.12. The van der Waals surface area contributed by atoms with E-state index >= 15 is 0 Å². The molecular formula is C15H22N2O2. The summed E-state index contributed by atoms with van der Waals surface area (Å²) in [6.07, 6.45) is 3.94. The molecule has 2 rings (SSSR count). The van der Waals surface area contributed by atoms with E-state index in [4.69, 9.17) is 10.5 Å². The fraction of sp³-hybridized carbons (Fsp3) is 0.533. The molecule has 0 aromatic heterocycles. The summed E-state index contributed by atoms with van der Waals surface area (Å²) in [5.74, 6) is -0.0348. The van der Waals surface area contributed by atoms with Gasteiger partial charge in [0.25, 0.3) is 5.91 Å². The molecule has 0 atom stereocenters. The lowest BCUT2D eigenvalue weighted by Gasteiger charge is -2.40. The van der Waals surface area contributed by atoms with Crippen LogP contribution < -0.4 is 11.1 Å². The minimum absolute atomic E-state index is 0.0348. The van der Waals surface area contributed by atoms with Gasteiger partial charge in [0.05, 0.1) is 5.60 Å². The van der Waals surface area contributed by atoms with Crippen LogP contribution in [0, 0.1) is 0 Å². The highest BCUT2D eigenvalue weighted by atomic mass is 16.5. The number of amides is 1. The van der Waals surface area contributed by atoms with Crippen molar-refractivity contribution in [2.45, 2.75) is 31.3 Å². The minimum atomic E-state index is -0.140. The van der Waals surface area contributed by atoms with E-state index in [-0.39, 0.29) is 11.5 Å². The first-order valence-electron chi connectivity index (χ1n) is 6.82. The van der Waals surface area contributed by atoms with E-state index in [1.54, 1.807) is 7.11 Å². The molecule has 0 spiro atoms. The van der Waals surface area contributed by atoms with Crippen LogP contribution in [0.1, 0.15) is 35.2 Å². The van der Waals surface area contributed by atoms with Gasteiger partial charge in [-0.1, -0.05) is 18.2 Å². The smallest absolute Gasteiger partial charge is 0.251 e. The Morgan fingerprint density at radius 2 is 2.16 bits per heavy atom. The Labute approximate surface area is 114 Å². The molecule has 0 unspecified atom stereocenters. The predicted molar refractivity (Wildman–Crippen MR) is 75.1 cm³/mol. The first kappa shape index (κ1) is 14.0. The van der Waals surface area contributed by atoms with E-state index in [0.29, 0.717) is 13.1 Å². The highest BCUT2D eigenvalue weighted by Crippen LogP contribution is 2.34. The van der Waals surface area contributed by atoms with Crippen LogP contribution in [0.4, 0.5) is 0 Å². The zero-order valence-electron chi connectivity index (χ0n) is 11.4. The summed E-state index contributed by atoms with van der Waals surface area (Å²) in [6.45, 7) is 1.13. The van der Waals surface area contributed by atoms with Crippen molar-refractivity contribution in [2.75, 3.05) is 20.2 Å². The number of carbonyl (C=O) groups excluding carboxylic acids is 1. The van der Waals surface area contributed by atoms with Gasteiger partial charge >= 0.3 is 0 Å². The highest BCUT2D eigenvalue weighted by Gasteiger charge is 2.37. The van der Waals surface area contributed by atoms with Gasteiger partial charge < -0.3 is 15.8 Å². The number of methoxy groups -OCH3 is 1. The maximum Gasteiger partial charge on any atom is 0.251 e. The van der Waals surface area contributed by atoms with Crippen molar-refractivity contribution >= 4 is 5.91 Å². The van der Waals surface area contributed by atoms with Crippen LogP contribution in [-0.4, -0.2) is 31.7 Å². The fourth-order valence-electron chi connectivity index (χ4n) is 2.48. The molecule has 3 N–H and O–H groups in total. The molecule has 1 saturated carbocycles. The van der Waals surface area contributed by atoms with E-state index in [1.807, 2.05) is 24.3 Å². The normalized spacial score (nSPS) is 16.7. The fourth-order valence-corrected chi connectivity index (χ4v) is 2.48. The van der Waals surface area contributed by atoms with Gasteiger partial charge in [0.1, 0.15) is 0 Å². The quantitative estimate of drug-likeness (QED) is 0.816. The Bertz CT molecular complexity index is 436. The summed E-state index contributed by atoms with van der Waals surface area (Å²) >= 11 is 0. The third kappa shape index (κ3) is 3.14. The number of nitrogens with two attached hydrogens (primary N) is 1. The molecule has 1 fully saturated rings. The van der Waals surface area contributed by atoms with Gasteiger partial charge in [0.2, 0.25) is 0 Å². The average molecular weight is 262 g/mol. The monoisotopic (exact) mass is 262 g/mol. The summed E-state index contributed by atoms with van der Waals surface area (Å²) in [6, 6.07) is 7.62. The van der Waals surface area contributed by atoms with Crippen molar-refractivity contribution in [1.29, 1.82) is 0 Å². The Hall–Kier alpha value is -1.39. The maximum atomic E-state index is 12.2. The molecule has 1 aliphatic carbocycles.